The molecule has 0 saturated carbocycles. The van der Waals surface area contributed by atoms with Crippen LogP contribution in [0.4, 0.5) is 5.82 Å². The zero-order valence-corrected chi connectivity index (χ0v) is 17.1. The van der Waals surface area contributed by atoms with E-state index in [1.807, 2.05) is 31.2 Å². The monoisotopic (exact) mass is 395 g/mol. The van der Waals surface area contributed by atoms with Gasteiger partial charge in [0.15, 0.2) is 0 Å². The van der Waals surface area contributed by atoms with Crippen molar-refractivity contribution in [3.05, 3.63) is 63.2 Å². The summed E-state index contributed by atoms with van der Waals surface area (Å²) in [7, 11) is 0. The third kappa shape index (κ3) is 4.15. The van der Waals surface area contributed by atoms with Crippen LogP contribution in [0.1, 0.15) is 57.4 Å². The minimum absolute atomic E-state index is 0.0931. The van der Waals surface area contributed by atoms with Gasteiger partial charge >= 0.3 is 0 Å². The van der Waals surface area contributed by atoms with E-state index in [1.54, 1.807) is 11.3 Å². The molecule has 6 nitrogen and oxygen atoms in total. The Hall–Kier alpha value is -2.51. The van der Waals surface area contributed by atoms with Crippen molar-refractivity contribution in [1.29, 1.82) is 0 Å². The van der Waals surface area contributed by atoms with E-state index in [2.05, 4.69) is 44.5 Å². The molecule has 1 fully saturated rings. The summed E-state index contributed by atoms with van der Waals surface area (Å²) >= 11 is 1.58. The fourth-order valence-corrected chi connectivity index (χ4v) is 4.75. The zero-order chi connectivity index (χ0) is 19.5. The largest absolute Gasteiger partial charge is 0.306 e. The summed E-state index contributed by atoms with van der Waals surface area (Å²) in [5.41, 5.74) is 3.13. The van der Waals surface area contributed by atoms with E-state index in [9.17, 15) is 4.79 Å². The fourth-order valence-electron chi connectivity index (χ4n) is 3.68. The molecule has 1 saturated heterocycles. The molecule has 3 aromatic heterocycles. The summed E-state index contributed by atoms with van der Waals surface area (Å²) in [5, 5.41) is 10.3. The van der Waals surface area contributed by atoms with Crippen molar-refractivity contribution in [2.75, 3.05) is 11.9 Å². The summed E-state index contributed by atoms with van der Waals surface area (Å²) in [6.07, 6.45) is 3.13. The predicted molar refractivity (Wildman–Crippen MR) is 112 cm³/mol. The summed E-state index contributed by atoms with van der Waals surface area (Å²) in [6.45, 7) is 5.97. The van der Waals surface area contributed by atoms with Gasteiger partial charge in [0.1, 0.15) is 5.82 Å². The maximum atomic E-state index is 12.6. The van der Waals surface area contributed by atoms with E-state index in [0.717, 1.165) is 47.9 Å². The smallest absolute Gasteiger partial charge is 0.266 e. The predicted octanol–water partition coefficient (Wildman–Crippen LogP) is 4.33. The van der Waals surface area contributed by atoms with Gasteiger partial charge in [-0.05, 0) is 63.1 Å². The number of pyridine rings is 1. The van der Waals surface area contributed by atoms with Crippen LogP contribution in [0.15, 0.2) is 36.4 Å². The average molecular weight is 396 g/mol. The van der Waals surface area contributed by atoms with Gasteiger partial charge in [0.2, 0.25) is 0 Å². The zero-order valence-electron chi connectivity index (χ0n) is 16.2. The topological polar surface area (TPSA) is 73.9 Å². The summed E-state index contributed by atoms with van der Waals surface area (Å²) < 4.78 is 0. The molecule has 3 aromatic rings. The molecule has 2 N–H and O–H groups in total. The van der Waals surface area contributed by atoms with Crippen molar-refractivity contribution in [2.24, 2.45) is 0 Å². The van der Waals surface area contributed by atoms with Crippen molar-refractivity contribution in [3.8, 4) is 0 Å². The molecule has 1 atom stereocenters. The number of likely N-dealkylation sites (tertiary alicyclic amines) is 1. The SMILES string of the molecule is CCc1cccc(NC(=O)c2ccc([C@@H]3CCCN3Cc3cc(C)[nH]n3)s2)n1. The maximum Gasteiger partial charge on any atom is 0.266 e. The van der Waals surface area contributed by atoms with Crippen LogP contribution in [0.3, 0.4) is 0 Å². The summed E-state index contributed by atoms with van der Waals surface area (Å²) in [5.74, 6) is 0.514. The molecular weight excluding hydrogens is 370 g/mol. The van der Waals surface area contributed by atoms with Gasteiger partial charge < -0.3 is 5.32 Å². The lowest BCUT2D eigenvalue weighted by Crippen LogP contribution is -2.22. The van der Waals surface area contributed by atoms with Crippen LogP contribution >= 0.6 is 11.3 Å². The Balaban J connectivity index is 1.44. The first-order chi connectivity index (χ1) is 13.6. The highest BCUT2D eigenvalue weighted by Crippen LogP contribution is 2.36. The molecule has 1 amide bonds. The van der Waals surface area contributed by atoms with Gasteiger partial charge in [-0.25, -0.2) is 4.98 Å². The quantitative estimate of drug-likeness (QED) is 0.652. The van der Waals surface area contributed by atoms with Gasteiger partial charge in [-0.1, -0.05) is 13.0 Å². The van der Waals surface area contributed by atoms with Crippen molar-refractivity contribution < 1.29 is 4.79 Å². The third-order valence-corrected chi connectivity index (χ3v) is 6.26. The Bertz CT molecular complexity index is 963. The Morgan fingerprint density at radius 3 is 3.00 bits per heavy atom. The van der Waals surface area contributed by atoms with Gasteiger partial charge in [0, 0.05) is 28.9 Å². The van der Waals surface area contributed by atoms with Crippen molar-refractivity contribution in [1.82, 2.24) is 20.1 Å². The number of carbonyl (C=O) groups excluding carboxylic acids is 1. The number of rotatable bonds is 6. The second-order valence-electron chi connectivity index (χ2n) is 7.19. The number of hydrogen-bond acceptors (Lipinski definition) is 5. The van der Waals surface area contributed by atoms with E-state index in [0.29, 0.717) is 11.9 Å². The van der Waals surface area contributed by atoms with Gasteiger partial charge in [0.25, 0.3) is 5.91 Å². The molecule has 0 aliphatic carbocycles. The highest BCUT2D eigenvalue weighted by atomic mass is 32.1. The van der Waals surface area contributed by atoms with Crippen LogP contribution < -0.4 is 5.32 Å². The molecule has 1 aliphatic rings. The molecule has 0 spiro atoms. The Labute approximate surface area is 169 Å². The number of aryl methyl sites for hydroxylation is 2. The van der Waals surface area contributed by atoms with Gasteiger partial charge in [-0.3, -0.25) is 14.8 Å². The highest BCUT2D eigenvalue weighted by Gasteiger charge is 2.28. The first kappa shape index (κ1) is 18.8. The number of amides is 1. The molecule has 0 radical (unpaired) electrons. The van der Waals surface area contributed by atoms with Crippen LogP contribution in [0, 0.1) is 6.92 Å². The number of nitrogens with one attached hydrogen (secondary N) is 2. The normalized spacial score (nSPS) is 17.1. The molecule has 146 valence electrons. The third-order valence-electron chi connectivity index (χ3n) is 5.08. The molecule has 1 aliphatic heterocycles. The summed E-state index contributed by atoms with van der Waals surface area (Å²) in [4.78, 5) is 21.5. The number of hydrogen-bond donors (Lipinski definition) is 2. The number of nitrogens with zero attached hydrogens (tertiary/aromatic N) is 3. The van der Waals surface area contributed by atoms with Gasteiger partial charge in [0.05, 0.1) is 10.6 Å². The van der Waals surface area contributed by atoms with Crippen LogP contribution in [0.25, 0.3) is 0 Å². The Kier molecular flexibility index (Phi) is 5.54. The van der Waals surface area contributed by atoms with E-state index < -0.39 is 0 Å². The number of aromatic amines is 1. The second kappa shape index (κ2) is 8.24. The lowest BCUT2D eigenvalue weighted by atomic mass is 10.2. The molecule has 4 rings (SSSR count). The molecule has 28 heavy (non-hydrogen) atoms. The Morgan fingerprint density at radius 1 is 1.32 bits per heavy atom. The van der Waals surface area contributed by atoms with Gasteiger partial charge in [-0.2, -0.15) is 5.10 Å². The first-order valence-corrected chi connectivity index (χ1v) is 10.6. The number of carbonyl (C=O) groups is 1. The standard InChI is InChI=1S/C21H25N5OS/c1-3-15-6-4-8-20(22-15)23-21(27)19-10-9-18(28-19)17-7-5-11-26(17)13-16-12-14(2)24-25-16/h4,6,8-10,12,17H,3,5,7,11,13H2,1-2H3,(H,24,25)(H,22,23,27)/t17-/m0/s1. The molecule has 0 unspecified atom stereocenters. The van der Waals surface area contributed by atoms with Gasteiger partial charge in [-0.15, -0.1) is 11.3 Å². The van der Waals surface area contributed by atoms with E-state index in [1.165, 1.54) is 11.3 Å². The van der Waals surface area contributed by atoms with Crippen LogP contribution in [-0.4, -0.2) is 32.5 Å². The number of aromatic nitrogens is 3. The van der Waals surface area contributed by atoms with Crippen LogP contribution in [0.5, 0.6) is 0 Å². The number of thiophene rings is 1. The Morgan fingerprint density at radius 2 is 2.21 bits per heavy atom. The number of anilines is 1. The highest BCUT2D eigenvalue weighted by molar-refractivity contribution is 7.14. The van der Waals surface area contributed by atoms with Crippen molar-refractivity contribution in [2.45, 2.75) is 45.7 Å². The molecule has 4 heterocycles. The van der Waals surface area contributed by atoms with Crippen molar-refractivity contribution in [3.63, 3.8) is 0 Å². The molecule has 0 bridgehead atoms. The minimum atomic E-state index is -0.0931. The van der Waals surface area contributed by atoms with E-state index >= 15 is 0 Å². The maximum absolute atomic E-state index is 12.6. The molecule has 7 heteroatoms. The fraction of sp³-hybridized carbons (Fsp3) is 0.381. The van der Waals surface area contributed by atoms with Crippen molar-refractivity contribution >= 4 is 23.1 Å². The van der Waals surface area contributed by atoms with E-state index in [4.69, 9.17) is 0 Å². The lowest BCUT2D eigenvalue weighted by Gasteiger charge is -2.22. The van der Waals surface area contributed by atoms with Crippen LogP contribution in [-0.2, 0) is 13.0 Å². The summed E-state index contributed by atoms with van der Waals surface area (Å²) in [6, 6.07) is 12.2. The molecular formula is C21H25N5OS. The van der Waals surface area contributed by atoms with Crippen LogP contribution in [0.2, 0.25) is 0 Å². The first-order valence-electron chi connectivity index (χ1n) is 9.74. The number of H-pyrrole nitrogens is 1. The average Bonchev–Trinajstić information content (AvgIpc) is 3.43. The van der Waals surface area contributed by atoms with E-state index in [-0.39, 0.29) is 5.91 Å². The lowest BCUT2D eigenvalue weighted by molar-refractivity contribution is 0.103. The molecule has 0 aromatic carbocycles. The minimum Gasteiger partial charge on any atom is -0.306 e. The second-order valence-corrected chi connectivity index (χ2v) is 8.31.